The molecule has 1 N–H and O–H groups in total. The molecule has 1 fully saturated rings. The summed E-state index contributed by atoms with van der Waals surface area (Å²) in [6.45, 7) is 3.25. The van der Waals surface area contributed by atoms with E-state index in [1.165, 1.54) is 12.1 Å². The second-order valence-corrected chi connectivity index (χ2v) is 7.41. The first kappa shape index (κ1) is 17.2. The molecule has 0 radical (unpaired) electrons. The van der Waals surface area contributed by atoms with Gasteiger partial charge in [-0.3, -0.25) is 10.2 Å². The van der Waals surface area contributed by atoms with E-state index in [-0.39, 0.29) is 12.0 Å². The van der Waals surface area contributed by atoms with Crippen molar-refractivity contribution >= 4 is 32.6 Å². The van der Waals surface area contributed by atoms with Crippen LogP contribution >= 0.6 is 15.9 Å². The van der Waals surface area contributed by atoms with Gasteiger partial charge in [-0.1, -0.05) is 40.2 Å². The number of carbonyl (C=O) groups is 1. The van der Waals surface area contributed by atoms with Crippen LogP contribution in [0.3, 0.4) is 0 Å². The summed E-state index contributed by atoms with van der Waals surface area (Å²) >= 11 is 3.40. The number of halogens is 4. The van der Waals surface area contributed by atoms with Gasteiger partial charge in [-0.15, -0.1) is 0 Å². The lowest BCUT2D eigenvalue weighted by Gasteiger charge is -2.38. The van der Waals surface area contributed by atoms with Crippen molar-refractivity contribution in [1.29, 1.82) is 0 Å². The highest BCUT2D eigenvalue weighted by Gasteiger charge is 2.52. The van der Waals surface area contributed by atoms with E-state index in [1.54, 1.807) is 32.0 Å². The number of benzene rings is 2. The summed E-state index contributed by atoms with van der Waals surface area (Å²) in [5.74, 6) is -0.405. The van der Waals surface area contributed by atoms with Crippen molar-refractivity contribution in [3.05, 3.63) is 46.4 Å². The first-order chi connectivity index (χ1) is 11.1. The molecule has 0 aliphatic carbocycles. The number of hydrogen-bond acceptors (Lipinski definition) is 2. The summed E-state index contributed by atoms with van der Waals surface area (Å²) in [7, 11) is 0. The first-order valence-electron chi connectivity index (χ1n) is 7.43. The third-order valence-corrected chi connectivity index (χ3v) is 4.92. The smallest absolute Gasteiger partial charge is 0.287 e. The second-order valence-electron chi connectivity index (χ2n) is 6.56. The molecule has 3 nitrogen and oxygen atoms in total. The van der Waals surface area contributed by atoms with Crippen LogP contribution in [0.15, 0.2) is 40.9 Å². The molecule has 0 aromatic heterocycles. The molecule has 1 saturated heterocycles. The molecule has 2 aromatic rings. The molecule has 2 aromatic carbocycles. The van der Waals surface area contributed by atoms with E-state index in [4.69, 9.17) is 0 Å². The van der Waals surface area contributed by atoms with Gasteiger partial charge >= 0.3 is 6.18 Å². The zero-order valence-corrected chi connectivity index (χ0v) is 14.7. The molecule has 1 unspecified atom stereocenters. The summed E-state index contributed by atoms with van der Waals surface area (Å²) < 4.78 is 42.2. The molecule has 7 heteroatoms. The maximum Gasteiger partial charge on any atom is 0.409 e. The fraction of sp³-hybridized carbons (Fsp3) is 0.353. The summed E-state index contributed by atoms with van der Waals surface area (Å²) in [6, 6.07) is 8.14. The maximum absolute atomic E-state index is 13.8. The monoisotopic (exact) mass is 400 g/mol. The van der Waals surface area contributed by atoms with Crippen LogP contribution < -0.4 is 5.43 Å². The van der Waals surface area contributed by atoms with Crippen molar-refractivity contribution in [2.75, 3.05) is 0 Å². The molecule has 1 aliphatic heterocycles. The summed E-state index contributed by atoms with van der Waals surface area (Å²) in [4.78, 5) is 11.7. The van der Waals surface area contributed by atoms with Gasteiger partial charge in [0, 0.05) is 16.4 Å². The Hall–Kier alpha value is -1.60. The molecule has 0 bridgehead atoms. The topological polar surface area (TPSA) is 32.3 Å². The number of nitrogens with zero attached hydrogens (tertiary/aromatic N) is 1. The predicted octanol–water partition coefficient (Wildman–Crippen LogP) is 4.72. The van der Waals surface area contributed by atoms with Crippen LogP contribution in [0, 0.1) is 0 Å². The Bertz CT molecular complexity index is 804. The van der Waals surface area contributed by atoms with Crippen molar-refractivity contribution in [1.82, 2.24) is 10.4 Å². The number of amides is 1. The highest BCUT2D eigenvalue weighted by Crippen LogP contribution is 2.43. The van der Waals surface area contributed by atoms with Gasteiger partial charge in [-0.25, -0.2) is 0 Å². The minimum Gasteiger partial charge on any atom is -0.287 e. The molecule has 0 spiro atoms. The van der Waals surface area contributed by atoms with Crippen molar-refractivity contribution in [3.63, 3.8) is 0 Å². The lowest BCUT2D eigenvalue weighted by atomic mass is 9.95. The zero-order valence-electron chi connectivity index (χ0n) is 13.1. The third kappa shape index (κ3) is 3.02. The Morgan fingerprint density at radius 1 is 1.25 bits per heavy atom. The van der Waals surface area contributed by atoms with Gasteiger partial charge in [0.25, 0.3) is 0 Å². The molecule has 1 atom stereocenters. The quantitative estimate of drug-likeness (QED) is 0.790. The van der Waals surface area contributed by atoms with Crippen LogP contribution in [0.2, 0.25) is 0 Å². The van der Waals surface area contributed by atoms with Crippen LogP contribution in [-0.4, -0.2) is 22.6 Å². The summed E-state index contributed by atoms with van der Waals surface area (Å²) in [5, 5.41) is 2.57. The van der Waals surface area contributed by atoms with Crippen LogP contribution in [-0.2, 0) is 4.79 Å². The van der Waals surface area contributed by atoms with Crippen molar-refractivity contribution in [3.8, 4) is 0 Å². The number of rotatable bonds is 2. The average molecular weight is 401 g/mol. The predicted molar refractivity (Wildman–Crippen MR) is 89.1 cm³/mol. The number of hydrazine groups is 1. The third-order valence-electron chi connectivity index (χ3n) is 4.23. The lowest BCUT2D eigenvalue weighted by molar-refractivity contribution is -0.203. The molecule has 128 valence electrons. The Balaban J connectivity index is 2.12. The SMILES string of the molecule is CC1(C)CC(=O)NN1C(c1ccc2c(Br)cccc2c1)C(F)(F)F. The summed E-state index contributed by atoms with van der Waals surface area (Å²) in [5.41, 5.74) is 1.55. The molecule has 0 saturated carbocycles. The molecular weight excluding hydrogens is 385 g/mol. The van der Waals surface area contributed by atoms with E-state index < -0.39 is 23.7 Å². The minimum atomic E-state index is -4.52. The largest absolute Gasteiger partial charge is 0.409 e. The Kier molecular flexibility index (Phi) is 4.12. The number of nitrogens with one attached hydrogen (secondary N) is 1. The average Bonchev–Trinajstić information content (AvgIpc) is 2.70. The molecule has 3 rings (SSSR count). The Morgan fingerprint density at radius 2 is 1.96 bits per heavy atom. The second kappa shape index (κ2) is 5.74. The van der Waals surface area contributed by atoms with E-state index >= 15 is 0 Å². The minimum absolute atomic E-state index is 0.0265. The van der Waals surface area contributed by atoms with Gasteiger partial charge in [0.2, 0.25) is 5.91 Å². The van der Waals surface area contributed by atoms with Crippen LogP contribution in [0.25, 0.3) is 10.8 Å². The fourth-order valence-electron chi connectivity index (χ4n) is 3.13. The van der Waals surface area contributed by atoms with Crippen LogP contribution in [0.4, 0.5) is 13.2 Å². The van der Waals surface area contributed by atoms with E-state index in [0.717, 1.165) is 14.9 Å². The van der Waals surface area contributed by atoms with Crippen molar-refractivity contribution in [2.24, 2.45) is 0 Å². The van der Waals surface area contributed by atoms with E-state index in [9.17, 15) is 18.0 Å². The lowest BCUT2D eigenvalue weighted by Crippen LogP contribution is -2.51. The molecule has 24 heavy (non-hydrogen) atoms. The van der Waals surface area contributed by atoms with Gasteiger partial charge in [-0.05, 0) is 42.3 Å². The van der Waals surface area contributed by atoms with E-state index in [1.807, 2.05) is 6.07 Å². The standard InChI is InChI=1S/C17H16BrF3N2O/c1-16(2)9-14(24)22-23(16)15(17(19,20)21)11-6-7-12-10(8-11)4-3-5-13(12)18/h3-8,15H,9H2,1-2H3,(H,22,24). The van der Waals surface area contributed by atoms with Gasteiger partial charge < -0.3 is 0 Å². The van der Waals surface area contributed by atoms with Gasteiger partial charge in [-0.2, -0.15) is 18.2 Å². The zero-order chi connectivity index (χ0) is 17.7. The number of alkyl halides is 3. The van der Waals surface area contributed by atoms with Gasteiger partial charge in [0.05, 0.1) is 0 Å². The number of carbonyl (C=O) groups excluding carboxylic acids is 1. The molecule has 1 heterocycles. The van der Waals surface area contributed by atoms with Crippen LogP contribution in [0.1, 0.15) is 31.9 Å². The van der Waals surface area contributed by atoms with Gasteiger partial charge in [0.1, 0.15) is 0 Å². The molecule has 1 amide bonds. The highest BCUT2D eigenvalue weighted by atomic mass is 79.9. The number of fused-ring (bicyclic) bond motifs is 1. The maximum atomic E-state index is 13.8. The van der Waals surface area contributed by atoms with E-state index in [2.05, 4.69) is 21.4 Å². The Labute approximate surface area is 145 Å². The summed E-state index contributed by atoms with van der Waals surface area (Å²) in [6.07, 6.45) is -4.49. The Morgan fingerprint density at radius 3 is 2.54 bits per heavy atom. The van der Waals surface area contributed by atoms with Crippen molar-refractivity contribution in [2.45, 2.75) is 38.0 Å². The van der Waals surface area contributed by atoms with Crippen molar-refractivity contribution < 1.29 is 18.0 Å². The first-order valence-corrected chi connectivity index (χ1v) is 8.22. The molecule has 1 aliphatic rings. The normalized spacial score (nSPS) is 19.5. The molecular formula is C17H16BrF3N2O. The number of hydrogen-bond donors (Lipinski definition) is 1. The van der Waals surface area contributed by atoms with E-state index in [0.29, 0.717) is 5.39 Å². The highest BCUT2D eigenvalue weighted by molar-refractivity contribution is 9.10. The van der Waals surface area contributed by atoms with Crippen LogP contribution in [0.5, 0.6) is 0 Å². The fourth-order valence-corrected chi connectivity index (χ4v) is 3.65. The van der Waals surface area contributed by atoms with Gasteiger partial charge in [0.15, 0.2) is 6.04 Å².